The minimum atomic E-state index is 0.569. The molecule has 0 saturated heterocycles. The highest BCUT2D eigenvalue weighted by atomic mass is 16.4. The molecule has 17 heavy (non-hydrogen) atoms. The van der Waals surface area contributed by atoms with Crippen molar-refractivity contribution in [1.29, 1.82) is 0 Å². The van der Waals surface area contributed by atoms with Gasteiger partial charge >= 0.3 is 0 Å². The van der Waals surface area contributed by atoms with E-state index in [4.69, 9.17) is 4.42 Å². The Hall–Kier alpha value is -1.84. The molecule has 1 aromatic carbocycles. The number of nitrogens with zero attached hydrogens (tertiary/aromatic N) is 2. The van der Waals surface area contributed by atoms with Gasteiger partial charge in [0.05, 0.1) is 0 Å². The monoisotopic (exact) mass is 229 g/mol. The Labute approximate surface area is 100 Å². The lowest BCUT2D eigenvalue weighted by atomic mass is 10.1. The molecular weight excluding hydrogens is 214 g/mol. The molecule has 1 aliphatic carbocycles. The third-order valence-corrected chi connectivity index (χ3v) is 3.12. The number of hydrogen-bond acceptors (Lipinski definition) is 4. The number of aryl methyl sites for hydroxylation is 1. The van der Waals surface area contributed by atoms with Crippen LogP contribution in [0, 0.1) is 12.8 Å². The maximum absolute atomic E-state index is 5.20. The average molecular weight is 229 g/mol. The summed E-state index contributed by atoms with van der Waals surface area (Å²) in [5, 5.41) is 11.1. The van der Waals surface area contributed by atoms with Gasteiger partial charge in [-0.15, -0.1) is 10.2 Å². The smallest absolute Gasteiger partial charge is 0.247 e. The van der Waals surface area contributed by atoms with Gasteiger partial charge in [0.2, 0.25) is 12.3 Å². The van der Waals surface area contributed by atoms with Crippen molar-refractivity contribution < 1.29 is 4.42 Å². The first-order chi connectivity index (χ1) is 8.33. The van der Waals surface area contributed by atoms with Crippen molar-refractivity contribution in [3.05, 3.63) is 30.2 Å². The predicted molar refractivity (Wildman–Crippen MR) is 65.7 cm³/mol. The van der Waals surface area contributed by atoms with E-state index < -0.39 is 0 Å². The van der Waals surface area contributed by atoms with Gasteiger partial charge in [0.15, 0.2) is 0 Å². The molecule has 0 bridgehead atoms. The highest BCUT2D eigenvalue weighted by molar-refractivity contribution is 5.64. The first-order valence-corrected chi connectivity index (χ1v) is 5.94. The summed E-state index contributed by atoms with van der Waals surface area (Å²) in [6.45, 7) is 3.17. The second-order valence-electron chi connectivity index (χ2n) is 4.60. The molecule has 0 spiro atoms. The van der Waals surface area contributed by atoms with Crippen LogP contribution in [0.3, 0.4) is 0 Å². The number of rotatable bonds is 4. The van der Waals surface area contributed by atoms with Gasteiger partial charge in [-0.1, -0.05) is 6.07 Å². The molecule has 0 unspecified atom stereocenters. The van der Waals surface area contributed by atoms with Crippen molar-refractivity contribution in [2.45, 2.75) is 19.8 Å². The van der Waals surface area contributed by atoms with Crippen molar-refractivity contribution in [2.75, 3.05) is 11.9 Å². The second kappa shape index (κ2) is 4.20. The van der Waals surface area contributed by atoms with Crippen LogP contribution in [0.1, 0.15) is 18.4 Å². The van der Waals surface area contributed by atoms with Gasteiger partial charge in [0, 0.05) is 17.8 Å². The van der Waals surface area contributed by atoms with E-state index in [2.05, 4.69) is 34.6 Å². The SMILES string of the molecule is Cc1ccc(-c2nnco2)cc1NCC1CC1. The molecule has 1 heterocycles. The Kier molecular flexibility index (Phi) is 2.55. The number of nitrogens with one attached hydrogen (secondary N) is 1. The average Bonchev–Trinajstić information content (AvgIpc) is 3.00. The van der Waals surface area contributed by atoms with Crippen LogP contribution < -0.4 is 5.32 Å². The van der Waals surface area contributed by atoms with E-state index in [0.29, 0.717) is 5.89 Å². The van der Waals surface area contributed by atoms with Crippen LogP contribution in [-0.4, -0.2) is 16.7 Å². The predicted octanol–water partition coefficient (Wildman–Crippen LogP) is 2.87. The Balaban J connectivity index is 1.83. The summed E-state index contributed by atoms with van der Waals surface area (Å²) in [6, 6.07) is 6.16. The van der Waals surface area contributed by atoms with Gasteiger partial charge in [-0.3, -0.25) is 0 Å². The van der Waals surface area contributed by atoms with Crippen LogP contribution in [0.4, 0.5) is 5.69 Å². The van der Waals surface area contributed by atoms with E-state index in [1.165, 1.54) is 24.8 Å². The summed E-state index contributed by atoms with van der Waals surface area (Å²) in [4.78, 5) is 0. The molecule has 4 nitrogen and oxygen atoms in total. The lowest BCUT2D eigenvalue weighted by Crippen LogP contribution is -2.04. The third kappa shape index (κ3) is 2.30. The van der Waals surface area contributed by atoms with E-state index in [0.717, 1.165) is 23.7 Å². The molecule has 1 saturated carbocycles. The molecule has 2 aromatic rings. The Morgan fingerprint density at radius 2 is 2.29 bits per heavy atom. The first-order valence-electron chi connectivity index (χ1n) is 5.94. The van der Waals surface area contributed by atoms with E-state index in [1.54, 1.807) is 0 Å². The normalized spacial score (nSPS) is 14.9. The van der Waals surface area contributed by atoms with E-state index in [9.17, 15) is 0 Å². The van der Waals surface area contributed by atoms with Crippen LogP contribution in [0.5, 0.6) is 0 Å². The van der Waals surface area contributed by atoms with Crippen molar-refractivity contribution in [2.24, 2.45) is 5.92 Å². The Morgan fingerprint density at radius 1 is 1.41 bits per heavy atom. The van der Waals surface area contributed by atoms with E-state index in [1.807, 2.05) is 6.07 Å². The fourth-order valence-electron chi connectivity index (χ4n) is 1.82. The van der Waals surface area contributed by atoms with Crippen LogP contribution in [0.25, 0.3) is 11.5 Å². The summed E-state index contributed by atoms with van der Waals surface area (Å²) in [5.41, 5.74) is 3.37. The van der Waals surface area contributed by atoms with Gasteiger partial charge in [-0.25, -0.2) is 0 Å². The molecule has 1 N–H and O–H groups in total. The van der Waals surface area contributed by atoms with Gasteiger partial charge in [-0.05, 0) is 43.4 Å². The minimum absolute atomic E-state index is 0.569. The summed E-state index contributed by atoms with van der Waals surface area (Å²) in [7, 11) is 0. The van der Waals surface area contributed by atoms with Gasteiger partial charge in [0.25, 0.3) is 0 Å². The first kappa shape index (κ1) is 10.3. The maximum atomic E-state index is 5.20. The van der Waals surface area contributed by atoms with Crippen molar-refractivity contribution in [1.82, 2.24) is 10.2 Å². The second-order valence-corrected chi connectivity index (χ2v) is 4.60. The van der Waals surface area contributed by atoms with Crippen molar-refractivity contribution in [3.63, 3.8) is 0 Å². The number of anilines is 1. The molecule has 0 aliphatic heterocycles. The Bertz CT molecular complexity index is 503. The van der Waals surface area contributed by atoms with E-state index >= 15 is 0 Å². The highest BCUT2D eigenvalue weighted by Gasteiger charge is 2.20. The van der Waals surface area contributed by atoms with Crippen LogP contribution >= 0.6 is 0 Å². The molecule has 1 fully saturated rings. The lowest BCUT2D eigenvalue weighted by molar-refractivity contribution is 0.568. The number of hydrogen-bond donors (Lipinski definition) is 1. The molecule has 88 valence electrons. The van der Waals surface area contributed by atoms with E-state index in [-0.39, 0.29) is 0 Å². The third-order valence-electron chi connectivity index (χ3n) is 3.12. The van der Waals surface area contributed by atoms with Crippen molar-refractivity contribution >= 4 is 5.69 Å². The summed E-state index contributed by atoms with van der Waals surface area (Å²) in [5.74, 6) is 1.43. The molecule has 1 aliphatic rings. The number of benzene rings is 1. The topological polar surface area (TPSA) is 51.0 Å². The molecular formula is C13H15N3O. The molecule has 4 heteroatoms. The molecule has 3 rings (SSSR count). The zero-order valence-corrected chi connectivity index (χ0v) is 9.81. The van der Waals surface area contributed by atoms with Gasteiger partial charge < -0.3 is 9.73 Å². The molecule has 0 amide bonds. The summed E-state index contributed by atoms with van der Waals surface area (Å²) < 4.78 is 5.20. The zero-order chi connectivity index (χ0) is 11.7. The minimum Gasteiger partial charge on any atom is -0.423 e. The quantitative estimate of drug-likeness (QED) is 0.875. The van der Waals surface area contributed by atoms with Crippen LogP contribution in [0.2, 0.25) is 0 Å². The van der Waals surface area contributed by atoms with Crippen LogP contribution in [-0.2, 0) is 0 Å². The maximum Gasteiger partial charge on any atom is 0.247 e. The highest BCUT2D eigenvalue weighted by Crippen LogP contribution is 2.30. The molecule has 0 atom stereocenters. The fraction of sp³-hybridized carbons (Fsp3) is 0.385. The van der Waals surface area contributed by atoms with Crippen LogP contribution in [0.15, 0.2) is 29.0 Å². The fourth-order valence-corrected chi connectivity index (χ4v) is 1.82. The molecule has 1 aromatic heterocycles. The van der Waals surface area contributed by atoms with Gasteiger partial charge in [0.1, 0.15) is 0 Å². The largest absolute Gasteiger partial charge is 0.423 e. The summed E-state index contributed by atoms with van der Waals surface area (Å²) >= 11 is 0. The summed E-state index contributed by atoms with van der Waals surface area (Å²) in [6.07, 6.45) is 4.07. The van der Waals surface area contributed by atoms with Crippen molar-refractivity contribution in [3.8, 4) is 11.5 Å². The standard InChI is InChI=1S/C13H15N3O/c1-9-2-5-11(13-16-15-8-17-13)6-12(9)14-7-10-3-4-10/h2,5-6,8,10,14H,3-4,7H2,1H3. The number of aromatic nitrogens is 2. The lowest BCUT2D eigenvalue weighted by Gasteiger charge is -2.09. The zero-order valence-electron chi connectivity index (χ0n) is 9.81. The van der Waals surface area contributed by atoms with Gasteiger partial charge in [-0.2, -0.15) is 0 Å². The molecule has 0 radical (unpaired) electrons. The Morgan fingerprint density at radius 3 is 3.00 bits per heavy atom.